The number of likely N-dealkylation sites (tertiary alicyclic amines) is 1. The lowest BCUT2D eigenvalue weighted by molar-refractivity contribution is -0.127. The zero-order valence-corrected chi connectivity index (χ0v) is 20.7. The largest absolute Gasteiger partial charge is 0.387 e. The maximum absolute atomic E-state index is 14.0. The summed E-state index contributed by atoms with van der Waals surface area (Å²) < 4.78 is 14.0. The lowest BCUT2D eigenvalue weighted by Gasteiger charge is -2.40. The molecule has 0 aromatic rings. The third-order valence-electron chi connectivity index (χ3n) is 9.50. The van der Waals surface area contributed by atoms with Crippen LogP contribution in [-0.2, 0) is 9.59 Å². The Morgan fingerprint density at radius 2 is 1.71 bits per heavy atom. The van der Waals surface area contributed by atoms with Gasteiger partial charge in [-0.2, -0.15) is 0 Å². The van der Waals surface area contributed by atoms with Gasteiger partial charge in [-0.15, -0.1) is 0 Å². The van der Waals surface area contributed by atoms with Gasteiger partial charge in [-0.05, 0) is 95.3 Å². The summed E-state index contributed by atoms with van der Waals surface area (Å²) in [7, 11) is 0. The molecule has 0 aromatic carbocycles. The van der Waals surface area contributed by atoms with Gasteiger partial charge in [0, 0.05) is 30.5 Å². The molecule has 3 saturated carbocycles. The Morgan fingerprint density at radius 3 is 2.35 bits per heavy atom. The number of nitrogens with two attached hydrogens (primary N) is 2. The van der Waals surface area contributed by atoms with Gasteiger partial charge in [0.25, 0.3) is 0 Å². The van der Waals surface area contributed by atoms with Gasteiger partial charge in [0.05, 0.1) is 11.9 Å². The summed E-state index contributed by atoms with van der Waals surface area (Å²) in [6, 6.07) is 0.0701. The molecule has 7 atom stereocenters. The molecule has 34 heavy (non-hydrogen) atoms. The molecule has 4 rings (SSSR count). The molecule has 4 fully saturated rings. The summed E-state index contributed by atoms with van der Waals surface area (Å²) in [5, 5.41) is 11.3. The standard InChI is InChI=1S/C26H44FN5O2/c1-15(18-3-2-4-21(27)11-18)31-26(34)23-12-19-9-10-20(24(28)29)13-22(19)32(23)14-16-5-7-17(8-6-16)25(30)33/h15-23H,2-14H2,1H3,(H3,28,29)(H2,30,33)(H,31,34)/t15-,16?,17?,18?,19?,20?,21?,22?,23?/m0/s1. The van der Waals surface area contributed by atoms with Gasteiger partial charge < -0.3 is 16.8 Å². The van der Waals surface area contributed by atoms with Crippen LogP contribution in [0.4, 0.5) is 4.39 Å². The second kappa shape index (κ2) is 10.9. The Hall–Kier alpha value is -1.70. The quantitative estimate of drug-likeness (QED) is 0.332. The number of carbonyl (C=O) groups excluding carboxylic acids is 2. The minimum Gasteiger partial charge on any atom is -0.387 e. The number of halogens is 1. The van der Waals surface area contributed by atoms with Crippen molar-refractivity contribution in [3.05, 3.63) is 0 Å². The van der Waals surface area contributed by atoms with E-state index in [9.17, 15) is 14.0 Å². The van der Waals surface area contributed by atoms with Crippen LogP contribution in [0.5, 0.6) is 0 Å². The molecule has 192 valence electrons. The lowest BCUT2D eigenvalue weighted by Crippen LogP contribution is -2.52. The van der Waals surface area contributed by atoms with Crippen molar-refractivity contribution in [1.82, 2.24) is 10.2 Å². The minimum absolute atomic E-state index is 0.0193. The molecule has 0 spiro atoms. The van der Waals surface area contributed by atoms with E-state index in [1.807, 2.05) is 6.92 Å². The van der Waals surface area contributed by atoms with E-state index < -0.39 is 6.17 Å². The van der Waals surface area contributed by atoms with Gasteiger partial charge in [0.1, 0.15) is 6.17 Å². The normalized spacial score (nSPS) is 39.7. The highest BCUT2D eigenvalue weighted by atomic mass is 19.1. The van der Waals surface area contributed by atoms with Gasteiger partial charge in [-0.25, -0.2) is 4.39 Å². The summed E-state index contributed by atoms with van der Waals surface area (Å²) in [4.78, 5) is 27.6. The summed E-state index contributed by atoms with van der Waals surface area (Å²) in [6.45, 7) is 2.88. The molecule has 4 aliphatic rings. The predicted octanol–water partition coefficient (Wildman–Crippen LogP) is 3.11. The molecule has 0 bridgehead atoms. The highest BCUT2D eigenvalue weighted by molar-refractivity contribution is 5.83. The number of alkyl halides is 1. The third kappa shape index (κ3) is 5.74. The summed E-state index contributed by atoms with van der Waals surface area (Å²) >= 11 is 0. The molecule has 1 aliphatic heterocycles. The Balaban J connectivity index is 1.44. The number of primary amides is 1. The SMILES string of the molecule is C[C@H](NC(=O)C1CC2CCC(C(=N)N)CC2N1CC1CCC(C(N)=O)CC1)C1CCCC(F)C1. The van der Waals surface area contributed by atoms with E-state index >= 15 is 0 Å². The first-order valence-electron chi connectivity index (χ1n) is 13.6. The first-order valence-corrected chi connectivity index (χ1v) is 13.6. The first-order chi connectivity index (χ1) is 16.2. The predicted molar refractivity (Wildman–Crippen MR) is 131 cm³/mol. The molecule has 8 heteroatoms. The second-order valence-corrected chi connectivity index (χ2v) is 11.7. The van der Waals surface area contributed by atoms with Crippen molar-refractivity contribution in [2.75, 3.05) is 6.54 Å². The van der Waals surface area contributed by atoms with Crippen molar-refractivity contribution in [3.8, 4) is 0 Å². The highest BCUT2D eigenvalue weighted by Crippen LogP contribution is 2.43. The number of nitrogens with one attached hydrogen (secondary N) is 2. The summed E-state index contributed by atoms with van der Waals surface area (Å²) in [5.74, 6) is 1.33. The fourth-order valence-electron chi connectivity index (χ4n) is 7.33. The van der Waals surface area contributed by atoms with Crippen LogP contribution in [0.25, 0.3) is 0 Å². The fourth-order valence-corrected chi connectivity index (χ4v) is 7.33. The molecule has 1 saturated heterocycles. The number of amides is 2. The van der Waals surface area contributed by atoms with Crippen molar-refractivity contribution >= 4 is 17.6 Å². The van der Waals surface area contributed by atoms with E-state index in [-0.39, 0.29) is 53.5 Å². The maximum atomic E-state index is 14.0. The van der Waals surface area contributed by atoms with Crippen LogP contribution in [0.2, 0.25) is 0 Å². The smallest absolute Gasteiger partial charge is 0.237 e. The Morgan fingerprint density at radius 1 is 1.00 bits per heavy atom. The van der Waals surface area contributed by atoms with E-state index in [2.05, 4.69) is 10.2 Å². The zero-order chi connectivity index (χ0) is 24.4. The van der Waals surface area contributed by atoms with Crippen LogP contribution < -0.4 is 16.8 Å². The van der Waals surface area contributed by atoms with Crippen molar-refractivity contribution in [3.63, 3.8) is 0 Å². The first kappa shape index (κ1) is 25.4. The molecular weight excluding hydrogens is 433 g/mol. The van der Waals surface area contributed by atoms with Gasteiger partial charge in [0.15, 0.2) is 0 Å². The molecule has 6 unspecified atom stereocenters. The maximum Gasteiger partial charge on any atom is 0.237 e. The summed E-state index contributed by atoms with van der Waals surface area (Å²) in [5.41, 5.74) is 11.4. The number of hydrogen-bond acceptors (Lipinski definition) is 4. The van der Waals surface area contributed by atoms with Crippen LogP contribution in [0.1, 0.15) is 84.0 Å². The number of rotatable bonds is 7. The van der Waals surface area contributed by atoms with Gasteiger partial charge in [0.2, 0.25) is 11.8 Å². The van der Waals surface area contributed by atoms with Crippen LogP contribution in [0.15, 0.2) is 0 Å². The average Bonchev–Trinajstić information content (AvgIpc) is 3.17. The second-order valence-electron chi connectivity index (χ2n) is 11.7. The van der Waals surface area contributed by atoms with Crippen molar-refractivity contribution in [2.45, 2.75) is 108 Å². The Bertz CT molecular complexity index is 755. The van der Waals surface area contributed by atoms with Crippen molar-refractivity contribution in [2.24, 2.45) is 41.1 Å². The van der Waals surface area contributed by atoms with Crippen molar-refractivity contribution in [1.29, 1.82) is 5.41 Å². The van der Waals surface area contributed by atoms with Gasteiger partial charge in [-0.1, -0.05) is 6.42 Å². The molecule has 1 heterocycles. The third-order valence-corrected chi connectivity index (χ3v) is 9.50. The van der Waals surface area contributed by atoms with Crippen molar-refractivity contribution < 1.29 is 14.0 Å². The monoisotopic (exact) mass is 477 g/mol. The van der Waals surface area contributed by atoms with E-state index in [0.29, 0.717) is 24.7 Å². The highest BCUT2D eigenvalue weighted by Gasteiger charge is 2.48. The number of fused-ring (bicyclic) bond motifs is 1. The average molecular weight is 478 g/mol. The number of hydrogen-bond donors (Lipinski definition) is 4. The van der Waals surface area contributed by atoms with Crippen LogP contribution in [0, 0.1) is 35.0 Å². The van der Waals surface area contributed by atoms with Gasteiger partial charge in [-0.3, -0.25) is 19.9 Å². The molecule has 7 nitrogen and oxygen atoms in total. The van der Waals surface area contributed by atoms with Crippen LogP contribution >= 0.6 is 0 Å². The Labute approximate surface area is 203 Å². The van der Waals surface area contributed by atoms with E-state index in [1.54, 1.807) is 0 Å². The minimum atomic E-state index is -0.747. The molecule has 6 N–H and O–H groups in total. The summed E-state index contributed by atoms with van der Waals surface area (Å²) in [6.07, 6.45) is 9.53. The van der Waals surface area contributed by atoms with E-state index in [4.69, 9.17) is 16.9 Å². The van der Waals surface area contributed by atoms with Crippen LogP contribution in [-0.4, -0.2) is 53.4 Å². The topological polar surface area (TPSA) is 125 Å². The van der Waals surface area contributed by atoms with Gasteiger partial charge >= 0.3 is 0 Å². The molecule has 0 aromatic heterocycles. The number of carbonyl (C=O) groups is 2. The van der Waals surface area contributed by atoms with Crippen LogP contribution in [0.3, 0.4) is 0 Å². The molecule has 2 amide bonds. The van der Waals surface area contributed by atoms with E-state index in [1.165, 1.54) is 0 Å². The fraction of sp³-hybridized carbons (Fsp3) is 0.885. The molecular formula is C26H44FN5O2. The van der Waals surface area contributed by atoms with E-state index in [0.717, 1.165) is 70.8 Å². The Kier molecular flexibility index (Phi) is 8.16. The number of amidine groups is 1. The lowest BCUT2D eigenvalue weighted by atomic mass is 9.77. The molecule has 0 radical (unpaired) electrons. The number of nitrogens with zero attached hydrogens (tertiary/aromatic N) is 1. The zero-order valence-electron chi connectivity index (χ0n) is 20.7. The molecule has 3 aliphatic carbocycles.